The van der Waals surface area contributed by atoms with Crippen LogP contribution in [0.5, 0.6) is 0 Å². The average molecular weight is 307 g/mol. The zero-order valence-electron chi connectivity index (χ0n) is 14.0. The number of rotatable bonds is 6. The molecule has 1 rings (SSSR count). The molecule has 22 heavy (non-hydrogen) atoms. The van der Waals surface area contributed by atoms with E-state index in [1.165, 1.54) is 6.20 Å². The normalized spacial score (nSPS) is 11.0. The van der Waals surface area contributed by atoms with E-state index in [-0.39, 0.29) is 18.0 Å². The van der Waals surface area contributed by atoms with E-state index in [9.17, 15) is 9.59 Å². The van der Waals surface area contributed by atoms with Crippen molar-refractivity contribution in [3.63, 3.8) is 0 Å². The van der Waals surface area contributed by atoms with Crippen molar-refractivity contribution in [2.45, 2.75) is 40.2 Å². The lowest BCUT2D eigenvalue weighted by molar-refractivity contribution is -0.121. The number of esters is 1. The van der Waals surface area contributed by atoms with Gasteiger partial charge < -0.3 is 15.0 Å². The van der Waals surface area contributed by atoms with Crippen molar-refractivity contribution in [3.8, 4) is 0 Å². The van der Waals surface area contributed by atoms with Crippen LogP contribution in [0.2, 0.25) is 0 Å². The lowest BCUT2D eigenvalue weighted by atomic mass is 10.1. The van der Waals surface area contributed by atoms with E-state index in [4.69, 9.17) is 4.74 Å². The number of hydrogen-bond donors (Lipinski definition) is 1. The van der Waals surface area contributed by atoms with Gasteiger partial charge in [-0.25, -0.2) is 9.78 Å². The second-order valence-electron chi connectivity index (χ2n) is 5.94. The summed E-state index contributed by atoms with van der Waals surface area (Å²) in [6, 6.07) is 3.38. The summed E-state index contributed by atoms with van der Waals surface area (Å²) in [5.41, 5.74) is 0.137. The lowest BCUT2D eigenvalue weighted by Gasteiger charge is -2.25. The molecule has 1 heterocycles. The number of pyridine rings is 1. The number of hydrogen-bond acceptors (Lipinski definition) is 5. The fourth-order valence-electron chi connectivity index (χ4n) is 1.89. The number of nitrogens with zero attached hydrogens (tertiary/aromatic N) is 2. The molecule has 0 unspecified atom stereocenters. The number of carbonyl (C=O) groups is 2. The highest BCUT2D eigenvalue weighted by atomic mass is 16.5. The van der Waals surface area contributed by atoms with Crippen LogP contribution in [-0.2, 0) is 9.53 Å². The number of amides is 1. The van der Waals surface area contributed by atoms with Gasteiger partial charge in [0.05, 0.1) is 18.7 Å². The summed E-state index contributed by atoms with van der Waals surface area (Å²) in [5.74, 6) is 0.195. The van der Waals surface area contributed by atoms with Crippen LogP contribution in [0, 0.1) is 0 Å². The Morgan fingerprint density at radius 2 is 1.95 bits per heavy atom. The predicted octanol–water partition coefficient (Wildman–Crippen LogP) is 2.00. The molecule has 0 radical (unpaired) electrons. The highest BCUT2D eigenvalue weighted by Gasteiger charge is 2.17. The Labute approximate surface area is 131 Å². The molecule has 1 aromatic rings. The lowest BCUT2D eigenvalue weighted by Crippen LogP contribution is -2.46. The van der Waals surface area contributed by atoms with E-state index in [1.54, 1.807) is 19.1 Å². The van der Waals surface area contributed by atoms with Crippen LogP contribution in [0.15, 0.2) is 18.3 Å². The highest BCUT2D eigenvalue weighted by molar-refractivity contribution is 5.89. The number of likely N-dealkylation sites (N-methyl/N-ethyl adjacent to an activating group) is 1. The number of aromatic nitrogens is 1. The first-order chi connectivity index (χ1) is 10.3. The Bertz CT molecular complexity index is 506. The molecule has 1 aromatic heterocycles. The molecular formula is C16H25N3O3. The molecule has 6 nitrogen and oxygen atoms in total. The second-order valence-corrected chi connectivity index (χ2v) is 5.94. The Balaban J connectivity index is 2.75. The van der Waals surface area contributed by atoms with Gasteiger partial charge >= 0.3 is 5.97 Å². The van der Waals surface area contributed by atoms with Crippen LogP contribution in [0.3, 0.4) is 0 Å². The third kappa shape index (κ3) is 5.71. The summed E-state index contributed by atoms with van der Waals surface area (Å²) >= 11 is 0. The summed E-state index contributed by atoms with van der Waals surface area (Å²) in [6.45, 7) is 10.7. The Morgan fingerprint density at radius 3 is 2.41 bits per heavy atom. The van der Waals surface area contributed by atoms with E-state index in [0.717, 1.165) is 0 Å². The maximum Gasteiger partial charge on any atom is 0.339 e. The van der Waals surface area contributed by atoms with E-state index in [0.29, 0.717) is 24.5 Å². The van der Waals surface area contributed by atoms with Gasteiger partial charge in [-0.3, -0.25) is 4.79 Å². The molecule has 1 amide bonds. The van der Waals surface area contributed by atoms with Crippen molar-refractivity contribution in [2.75, 3.05) is 24.6 Å². The van der Waals surface area contributed by atoms with Gasteiger partial charge in [0, 0.05) is 18.3 Å². The minimum Gasteiger partial charge on any atom is -0.462 e. The second kappa shape index (κ2) is 7.77. The third-order valence-electron chi connectivity index (χ3n) is 2.81. The molecule has 1 N–H and O–H groups in total. The molecule has 122 valence electrons. The maximum absolute atomic E-state index is 12.0. The van der Waals surface area contributed by atoms with Crippen LogP contribution in [0.25, 0.3) is 0 Å². The van der Waals surface area contributed by atoms with E-state index < -0.39 is 5.97 Å². The van der Waals surface area contributed by atoms with Crippen LogP contribution >= 0.6 is 0 Å². The smallest absolute Gasteiger partial charge is 0.339 e. The van der Waals surface area contributed by atoms with Crippen LogP contribution in [0.4, 0.5) is 5.82 Å². The Morgan fingerprint density at radius 1 is 1.27 bits per heavy atom. The number of nitrogens with one attached hydrogen (secondary N) is 1. The third-order valence-corrected chi connectivity index (χ3v) is 2.81. The van der Waals surface area contributed by atoms with E-state index in [1.807, 2.05) is 32.6 Å². The molecule has 0 spiro atoms. The molecule has 0 aliphatic carbocycles. The van der Waals surface area contributed by atoms with Crippen molar-refractivity contribution in [2.24, 2.45) is 0 Å². The minimum absolute atomic E-state index is 0.0642. The molecule has 0 atom stereocenters. The highest BCUT2D eigenvalue weighted by Crippen LogP contribution is 2.12. The van der Waals surface area contributed by atoms with Crippen LogP contribution in [-0.4, -0.2) is 42.1 Å². The fraction of sp³-hybridized carbons (Fsp3) is 0.562. The van der Waals surface area contributed by atoms with Gasteiger partial charge in [0.15, 0.2) is 0 Å². The van der Waals surface area contributed by atoms with Crippen LogP contribution < -0.4 is 10.2 Å². The molecule has 0 bridgehead atoms. The number of ether oxygens (including phenoxy) is 1. The molecule has 0 aromatic carbocycles. The first-order valence-electron chi connectivity index (χ1n) is 7.46. The van der Waals surface area contributed by atoms with Gasteiger partial charge in [-0.05, 0) is 46.8 Å². The molecule has 0 aliphatic rings. The standard InChI is InChI=1S/C16H25N3O3/c1-6-19(11-14(20)18-16(3,4)5)13-9-8-12(10-17-13)15(21)22-7-2/h8-10H,6-7,11H2,1-5H3,(H,18,20). The Kier molecular flexibility index (Phi) is 6.34. The van der Waals surface area contributed by atoms with Crippen LogP contribution in [0.1, 0.15) is 45.0 Å². The zero-order valence-corrected chi connectivity index (χ0v) is 14.0. The molecule has 0 saturated heterocycles. The van der Waals surface area contributed by atoms with Gasteiger partial charge in [0.1, 0.15) is 5.82 Å². The molecule has 6 heteroatoms. The molecule has 0 saturated carbocycles. The first-order valence-corrected chi connectivity index (χ1v) is 7.46. The Hall–Kier alpha value is -2.11. The molecule has 0 fully saturated rings. The van der Waals surface area contributed by atoms with Gasteiger partial charge in [0.2, 0.25) is 5.91 Å². The maximum atomic E-state index is 12.0. The minimum atomic E-state index is -0.393. The summed E-state index contributed by atoms with van der Waals surface area (Å²) in [6.07, 6.45) is 1.47. The SMILES string of the molecule is CCOC(=O)c1ccc(N(CC)CC(=O)NC(C)(C)C)nc1. The van der Waals surface area contributed by atoms with Crippen molar-refractivity contribution in [3.05, 3.63) is 23.9 Å². The number of carbonyl (C=O) groups excluding carboxylic acids is 2. The summed E-state index contributed by atoms with van der Waals surface area (Å²) in [5, 5.41) is 2.92. The van der Waals surface area contributed by atoms with E-state index in [2.05, 4.69) is 10.3 Å². The monoisotopic (exact) mass is 307 g/mol. The van der Waals surface area contributed by atoms with E-state index >= 15 is 0 Å². The van der Waals surface area contributed by atoms with Crippen molar-refractivity contribution in [1.29, 1.82) is 0 Å². The quantitative estimate of drug-likeness (QED) is 0.814. The van der Waals surface area contributed by atoms with Gasteiger partial charge in [-0.2, -0.15) is 0 Å². The zero-order chi connectivity index (χ0) is 16.8. The number of anilines is 1. The average Bonchev–Trinajstić information content (AvgIpc) is 2.43. The molecular weight excluding hydrogens is 282 g/mol. The van der Waals surface area contributed by atoms with Crippen molar-refractivity contribution >= 4 is 17.7 Å². The summed E-state index contributed by atoms with van der Waals surface area (Å²) in [4.78, 5) is 29.7. The largest absolute Gasteiger partial charge is 0.462 e. The fourth-order valence-corrected chi connectivity index (χ4v) is 1.89. The first kappa shape index (κ1) is 17.9. The summed E-state index contributed by atoms with van der Waals surface area (Å²) in [7, 11) is 0. The van der Waals surface area contributed by atoms with Gasteiger partial charge in [-0.15, -0.1) is 0 Å². The van der Waals surface area contributed by atoms with Gasteiger partial charge in [0.25, 0.3) is 0 Å². The topological polar surface area (TPSA) is 71.5 Å². The summed E-state index contributed by atoms with van der Waals surface area (Å²) < 4.78 is 4.92. The van der Waals surface area contributed by atoms with Crippen molar-refractivity contribution < 1.29 is 14.3 Å². The predicted molar refractivity (Wildman–Crippen MR) is 86.0 cm³/mol. The van der Waals surface area contributed by atoms with Crippen molar-refractivity contribution in [1.82, 2.24) is 10.3 Å². The van der Waals surface area contributed by atoms with Gasteiger partial charge in [-0.1, -0.05) is 0 Å². The molecule has 0 aliphatic heterocycles.